The molecule has 1 aliphatic heterocycles. The van der Waals surface area contributed by atoms with Gasteiger partial charge in [-0.3, -0.25) is 9.69 Å². The van der Waals surface area contributed by atoms with Gasteiger partial charge in [0.25, 0.3) is 0 Å². The van der Waals surface area contributed by atoms with E-state index in [4.69, 9.17) is 4.74 Å². The van der Waals surface area contributed by atoms with Crippen molar-refractivity contribution in [1.29, 1.82) is 0 Å². The summed E-state index contributed by atoms with van der Waals surface area (Å²) in [5.41, 5.74) is 0. The molecule has 1 saturated heterocycles. The first-order valence-corrected chi connectivity index (χ1v) is 4.78. The van der Waals surface area contributed by atoms with Gasteiger partial charge in [0.1, 0.15) is 0 Å². The summed E-state index contributed by atoms with van der Waals surface area (Å²) in [7, 11) is 1.96. The lowest BCUT2D eigenvalue weighted by Crippen LogP contribution is -2.45. The third-order valence-corrected chi connectivity index (χ3v) is 2.31. The fourth-order valence-corrected chi connectivity index (χ4v) is 1.26. The number of hydrogen-bond acceptors (Lipinski definition) is 3. The molecule has 1 amide bonds. The molecule has 0 unspecified atom stereocenters. The van der Waals surface area contributed by atoms with E-state index in [0.717, 1.165) is 19.6 Å². The second-order valence-electron chi connectivity index (χ2n) is 3.32. The average molecular weight is 186 g/mol. The number of rotatable bonds is 3. The molecule has 1 heterocycles. The highest BCUT2D eigenvalue weighted by molar-refractivity contribution is 5.78. The highest BCUT2D eigenvalue weighted by atomic mass is 16.5. The van der Waals surface area contributed by atoms with Crippen LogP contribution in [0.15, 0.2) is 0 Å². The lowest BCUT2D eigenvalue weighted by atomic mass is 10.4. The normalized spacial score (nSPS) is 17.9. The van der Waals surface area contributed by atoms with E-state index in [9.17, 15) is 4.79 Å². The van der Waals surface area contributed by atoms with Crippen molar-refractivity contribution in [3.8, 4) is 0 Å². The fourth-order valence-electron chi connectivity index (χ4n) is 1.26. The number of nitrogens with zero attached hydrogens (tertiary/aromatic N) is 2. The van der Waals surface area contributed by atoms with E-state index in [-0.39, 0.29) is 5.91 Å². The Morgan fingerprint density at radius 1 is 1.46 bits per heavy atom. The molecule has 0 radical (unpaired) electrons. The molecule has 0 aromatic carbocycles. The molecule has 0 aromatic heterocycles. The van der Waals surface area contributed by atoms with Crippen LogP contribution in [0.2, 0.25) is 0 Å². The molecule has 0 saturated carbocycles. The number of hydrogen-bond donors (Lipinski definition) is 0. The molecule has 4 nitrogen and oxygen atoms in total. The summed E-state index contributed by atoms with van der Waals surface area (Å²) in [6.45, 7) is 6.34. The van der Waals surface area contributed by atoms with Gasteiger partial charge in [-0.15, -0.1) is 0 Å². The zero-order chi connectivity index (χ0) is 9.68. The lowest BCUT2D eigenvalue weighted by molar-refractivity contribution is -0.136. The Labute approximate surface area is 79.4 Å². The lowest BCUT2D eigenvalue weighted by Gasteiger charge is -2.28. The van der Waals surface area contributed by atoms with Crippen molar-refractivity contribution in [2.24, 2.45) is 0 Å². The number of carbonyl (C=O) groups excluding carboxylic acids is 1. The SMILES string of the molecule is CCN(C)CC(=O)N1CCOCC1. The highest BCUT2D eigenvalue weighted by Crippen LogP contribution is 1.98. The van der Waals surface area contributed by atoms with E-state index in [1.165, 1.54) is 0 Å². The standard InChI is InChI=1S/C9H18N2O2/c1-3-10(2)8-9(12)11-4-6-13-7-5-11/h3-8H2,1-2H3. The molecule has 4 heteroatoms. The minimum absolute atomic E-state index is 0.215. The van der Waals surface area contributed by atoms with Gasteiger partial charge in [0.2, 0.25) is 5.91 Å². The summed E-state index contributed by atoms with van der Waals surface area (Å²) in [6.07, 6.45) is 0. The van der Waals surface area contributed by atoms with Gasteiger partial charge in [0, 0.05) is 13.1 Å². The van der Waals surface area contributed by atoms with Crippen molar-refractivity contribution in [2.75, 3.05) is 46.4 Å². The van der Waals surface area contributed by atoms with Gasteiger partial charge >= 0.3 is 0 Å². The maximum atomic E-state index is 11.6. The highest BCUT2D eigenvalue weighted by Gasteiger charge is 2.17. The van der Waals surface area contributed by atoms with E-state index in [1.54, 1.807) is 0 Å². The quantitative estimate of drug-likeness (QED) is 0.612. The van der Waals surface area contributed by atoms with Crippen molar-refractivity contribution in [3.05, 3.63) is 0 Å². The average Bonchev–Trinajstić information content (AvgIpc) is 2.19. The van der Waals surface area contributed by atoms with Crippen LogP contribution in [0.1, 0.15) is 6.92 Å². The monoisotopic (exact) mass is 186 g/mol. The van der Waals surface area contributed by atoms with Gasteiger partial charge in [0.05, 0.1) is 19.8 Å². The van der Waals surface area contributed by atoms with E-state index in [1.807, 2.05) is 23.8 Å². The molecule has 1 aliphatic rings. The van der Waals surface area contributed by atoms with Crippen molar-refractivity contribution in [1.82, 2.24) is 9.80 Å². The van der Waals surface area contributed by atoms with Crippen LogP contribution >= 0.6 is 0 Å². The Bertz CT molecular complexity index is 167. The molecule has 0 aromatic rings. The molecule has 0 N–H and O–H groups in total. The molecule has 0 aliphatic carbocycles. The number of ether oxygens (including phenoxy) is 1. The van der Waals surface area contributed by atoms with Crippen molar-refractivity contribution in [3.63, 3.8) is 0 Å². The minimum atomic E-state index is 0.215. The summed E-state index contributed by atoms with van der Waals surface area (Å²) < 4.78 is 5.17. The predicted octanol–water partition coefficient (Wildman–Crippen LogP) is -0.203. The summed E-state index contributed by atoms with van der Waals surface area (Å²) >= 11 is 0. The fraction of sp³-hybridized carbons (Fsp3) is 0.889. The molecule has 0 atom stereocenters. The molecular weight excluding hydrogens is 168 g/mol. The van der Waals surface area contributed by atoms with Gasteiger partial charge in [-0.2, -0.15) is 0 Å². The van der Waals surface area contributed by atoms with E-state index in [2.05, 4.69) is 0 Å². The Morgan fingerprint density at radius 2 is 2.08 bits per heavy atom. The van der Waals surface area contributed by atoms with Gasteiger partial charge in [-0.25, -0.2) is 0 Å². The molecular formula is C9H18N2O2. The zero-order valence-electron chi connectivity index (χ0n) is 8.45. The maximum absolute atomic E-state index is 11.6. The van der Waals surface area contributed by atoms with Crippen molar-refractivity contribution in [2.45, 2.75) is 6.92 Å². The smallest absolute Gasteiger partial charge is 0.236 e. The van der Waals surface area contributed by atoms with Crippen LogP contribution in [0.25, 0.3) is 0 Å². The van der Waals surface area contributed by atoms with Crippen LogP contribution < -0.4 is 0 Å². The Kier molecular flexibility index (Phi) is 4.18. The van der Waals surface area contributed by atoms with Crippen LogP contribution in [0.3, 0.4) is 0 Å². The maximum Gasteiger partial charge on any atom is 0.236 e. The second-order valence-corrected chi connectivity index (χ2v) is 3.32. The molecule has 1 rings (SSSR count). The van der Waals surface area contributed by atoms with E-state index < -0.39 is 0 Å². The summed E-state index contributed by atoms with van der Waals surface area (Å²) in [5.74, 6) is 0.215. The van der Waals surface area contributed by atoms with Crippen LogP contribution in [0.4, 0.5) is 0 Å². The number of amides is 1. The number of likely N-dealkylation sites (N-methyl/N-ethyl adjacent to an activating group) is 1. The van der Waals surface area contributed by atoms with Gasteiger partial charge in [-0.1, -0.05) is 6.92 Å². The van der Waals surface area contributed by atoms with Gasteiger partial charge < -0.3 is 9.64 Å². The third kappa shape index (κ3) is 3.32. The van der Waals surface area contributed by atoms with E-state index in [0.29, 0.717) is 19.8 Å². The van der Waals surface area contributed by atoms with Gasteiger partial charge in [-0.05, 0) is 13.6 Å². The molecule has 0 spiro atoms. The predicted molar refractivity (Wildman–Crippen MR) is 50.6 cm³/mol. The topological polar surface area (TPSA) is 32.8 Å². The number of morpholine rings is 1. The molecule has 1 fully saturated rings. The number of carbonyl (C=O) groups is 1. The van der Waals surface area contributed by atoms with Crippen LogP contribution in [-0.2, 0) is 9.53 Å². The Hall–Kier alpha value is -0.610. The van der Waals surface area contributed by atoms with E-state index >= 15 is 0 Å². The van der Waals surface area contributed by atoms with Crippen LogP contribution in [0, 0.1) is 0 Å². The first kappa shape index (κ1) is 10.5. The first-order valence-electron chi connectivity index (χ1n) is 4.78. The van der Waals surface area contributed by atoms with Crippen LogP contribution in [-0.4, -0.2) is 62.1 Å². The van der Waals surface area contributed by atoms with Crippen LogP contribution in [0.5, 0.6) is 0 Å². The molecule has 13 heavy (non-hydrogen) atoms. The minimum Gasteiger partial charge on any atom is -0.378 e. The Morgan fingerprint density at radius 3 is 2.62 bits per heavy atom. The first-order chi connectivity index (χ1) is 6.24. The Balaban J connectivity index is 2.29. The third-order valence-electron chi connectivity index (χ3n) is 2.31. The molecule has 0 bridgehead atoms. The summed E-state index contributed by atoms with van der Waals surface area (Å²) in [6, 6.07) is 0. The van der Waals surface area contributed by atoms with Gasteiger partial charge in [0.15, 0.2) is 0 Å². The summed E-state index contributed by atoms with van der Waals surface area (Å²) in [4.78, 5) is 15.5. The largest absolute Gasteiger partial charge is 0.378 e. The second kappa shape index (κ2) is 5.19. The zero-order valence-corrected chi connectivity index (χ0v) is 8.45. The van der Waals surface area contributed by atoms with Crippen molar-refractivity contribution >= 4 is 5.91 Å². The summed E-state index contributed by atoms with van der Waals surface area (Å²) in [5, 5.41) is 0. The molecule has 76 valence electrons. The van der Waals surface area contributed by atoms with Crippen molar-refractivity contribution < 1.29 is 9.53 Å².